The summed E-state index contributed by atoms with van der Waals surface area (Å²) in [6, 6.07) is 12.2. The van der Waals surface area contributed by atoms with Crippen LogP contribution in [0.5, 0.6) is 11.5 Å². The molecule has 0 heterocycles. The molecule has 3 heteroatoms. The van der Waals surface area contributed by atoms with Gasteiger partial charge in [-0.05, 0) is 42.7 Å². The van der Waals surface area contributed by atoms with E-state index in [1.165, 1.54) is 13.0 Å². The van der Waals surface area contributed by atoms with E-state index in [9.17, 15) is 9.50 Å². The monoisotopic (exact) mass is 274 g/mol. The Morgan fingerprint density at radius 3 is 2.40 bits per heavy atom. The van der Waals surface area contributed by atoms with Gasteiger partial charge in [0.05, 0.1) is 11.7 Å². The summed E-state index contributed by atoms with van der Waals surface area (Å²) in [5.74, 6) is 0.921. The van der Waals surface area contributed by atoms with E-state index in [-0.39, 0.29) is 5.56 Å². The first-order valence-corrected chi connectivity index (χ1v) is 6.73. The lowest BCUT2D eigenvalue weighted by Gasteiger charge is -2.15. The van der Waals surface area contributed by atoms with Gasteiger partial charge in [-0.25, -0.2) is 4.39 Å². The Morgan fingerprint density at radius 2 is 1.75 bits per heavy atom. The SMILES string of the molecule is CC(C)c1cccc(Oc2cccc(F)c2[C@H](C)O)c1. The summed E-state index contributed by atoms with van der Waals surface area (Å²) < 4.78 is 19.5. The fourth-order valence-corrected chi connectivity index (χ4v) is 2.08. The van der Waals surface area contributed by atoms with E-state index in [4.69, 9.17) is 4.74 Å². The highest BCUT2D eigenvalue weighted by Gasteiger charge is 2.15. The summed E-state index contributed by atoms with van der Waals surface area (Å²) in [6.07, 6.45) is -0.917. The zero-order valence-corrected chi connectivity index (χ0v) is 11.9. The number of hydrogen-bond donors (Lipinski definition) is 1. The molecular formula is C17H19FO2. The topological polar surface area (TPSA) is 29.5 Å². The smallest absolute Gasteiger partial charge is 0.136 e. The van der Waals surface area contributed by atoms with E-state index in [0.717, 1.165) is 5.56 Å². The van der Waals surface area contributed by atoms with Crippen molar-refractivity contribution in [2.24, 2.45) is 0 Å². The van der Waals surface area contributed by atoms with Crippen LogP contribution in [0.15, 0.2) is 42.5 Å². The van der Waals surface area contributed by atoms with Crippen molar-refractivity contribution in [1.29, 1.82) is 0 Å². The van der Waals surface area contributed by atoms with Crippen molar-refractivity contribution in [3.05, 3.63) is 59.4 Å². The molecule has 0 aliphatic carbocycles. The van der Waals surface area contributed by atoms with Gasteiger partial charge in [0.25, 0.3) is 0 Å². The van der Waals surface area contributed by atoms with Crippen LogP contribution in [0.25, 0.3) is 0 Å². The van der Waals surface area contributed by atoms with Gasteiger partial charge in [-0.15, -0.1) is 0 Å². The summed E-state index contributed by atoms with van der Waals surface area (Å²) in [7, 11) is 0. The molecule has 0 unspecified atom stereocenters. The lowest BCUT2D eigenvalue weighted by atomic mass is 10.0. The molecule has 106 valence electrons. The zero-order chi connectivity index (χ0) is 14.7. The maximum absolute atomic E-state index is 13.8. The van der Waals surface area contributed by atoms with Crippen LogP contribution in [0.3, 0.4) is 0 Å². The summed E-state index contributed by atoms with van der Waals surface area (Å²) in [4.78, 5) is 0. The van der Waals surface area contributed by atoms with E-state index in [0.29, 0.717) is 17.4 Å². The predicted octanol–water partition coefficient (Wildman–Crippen LogP) is 4.79. The highest BCUT2D eigenvalue weighted by atomic mass is 19.1. The molecule has 20 heavy (non-hydrogen) atoms. The minimum absolute atomic E-state index is 0.183. The molecule has 0 amide bonds. The normalized spacial score (nSPS) is 12.5. The maximum Gasteiger partial charge on any atom is 0.136 e. The van der Waals surface area contributed by atoms with Gasteiger partial charge in [-0.3, -0.25) is 0 Å². The van der Waals surface area contributed by atoms with E-state index < -0.39 is 11.9 Å². The van der Waals surface area contributed by atoms with Crippen molar-refractivity contribution in [2.75, 3.05) is 0 Å². The Hall–Kier alpha value is -1.87. The van der Waals surface area contributed by atoms with E-state index in [2.05, 4.69) is 13.8 Å². The van der Waals surface area contributed by atoms with Crippen LogP contribution in [0.4, 0.5) is 4.39 Å². The van der Waals surface area contributed by atoms with E-state index in [1.807, 2.05) is 24.3 Å². The van der Waals surface area contributed by atoms with Crippen molar-refractivity contribution in [2.45, 2.75) is 32.8 Å². The molecular weight excluding hydrogens is 255 g/mol. The first kappa shape index (κ1) is 14.5. The average Bonchev–Trinajstić information content (AvgIpc) is 2.38. The molecule has 0 saturated carbocycles. The molecule has 0 saturated heterocycles. The molecule has 0 radical (unpaired) electrons. The molecule has 0 bridgehead atoms. The third kappa shape index (κ3) is 3.17. The van der Waals surface area contributed by atoms with Gasteiger partial charge in [-0.1, -0.05) is 32.0 Å². The molecule has 0 aromatic heterocycles. The van der Waals surface area contributed by atoms with Gasteiger partial charge in [0.1, 0.15) is 17.3 Å². The van der Waals surface area contributed by atoms with Crippen LogP contribution in [0, 0.1) is 5.82 Å². The first-order valence-electron chi connectivity index (χ1n) is 6.73. The summed E-state index contributed by atoms with van der Waals surface area (Å²) in [5, 5.41) is 9.69. The van der Waals surface area contributed by atoms with Crippen molar-refractivity contribution < 1.29 is 14.2 Å². The van der Waals surface area contributed by atoms with Gasteiger partial charge < -0.3 is 9.84 Å². The standard InChI is InChI=1S/C17H19FO2/c1-11(2)13-6-4-7-14(10-13)20-16-9-5-8-15(18)17(16)12(3)19/h4-12,19H,1-3H3/t12-/m0/s1. The van der Waals surface area contributed by atoms with Crippen molar-refractivity contribution >= 4 is 0 Å². The Morgan fingerprint density at radius 1 is 1.05 bits per heavy atom. The first-order chi connectivity index (χ1) is 9.49. The Bertz CT molecular complexity index is 591. The van der Waals surface area contributed by atoms with Crippen molar-refractivity contribution in [3.8, 4) is 11.5 Å². The molecule has 0 spiro atoms. The second-order valence-corrected chi connectivity index (χ2v) is 5.16. The fourth-order valence-electron chi connectivity index (χ4n) is 2.08. The van der Waals surface area contributed by atoms with E-state index >= 15 is 0 Å². The number of hydrogen-bond acceptors (Lipinski definition) is 2. The molecule has 0 aliphatic heterocycles. The number of benzene rings is 2. The minimum Gasteiger partial charge on any atom is -0.457 e. The van der Waals surface area contributed by atoms with Gasteiger partial charge in [0.2, 0.25) is 0 Å². The van der Waals surface area contributed by atoms with Gasteiger partial charge >= 0.3 is 0 Å². The van der Waals surface area contributed by atoms with Crippen LogP contribution in [-0.4, -0.2) is 5.11 Å². The van der Waals surface area contributed by atoms with Gasteiger partial charge in [0, 0.05) is 0 Å². The molecule has 2 rings (SSSR count). The largest absolute Gasteiger partial charge is 0.457 e. The maximum atomic E-state index is 13.8. The number of aliphatic hydroxyl groups excluding tert-OH is 1. The summed E-state index contributed by atoms with van der Waals surface area (Å²) in [5.41, 5.74) is 1.33. The zero-order valence-electron chi connectivity index (χ0n) is 11.9. The van der Waals surface area contributed by atoms with Gasteiger partial charge in [0.15, 0.2) is 0 Å². The Balaban J connectivity index is 2.35. The number of halogens is 1. The fraction of sp³-hybridized carbons (Fsp3) is 0.294. The highest BCUT2D eigenvalue weighted by molar-refractivity contribution is 5.41. The molecule has 1 atom stereocenters. The highest BCUT2D eigenvalue weighted by Crippen LogP contribution is 2.32. The van der Waals surface area contributed by atoms with Crippen molar-refractivity contribution in [3.63, 3.8) is 0 Å². The van der Waals surface area contributed by atoms with Crippen LogP contribution in [0.1, 0.15) is 43.9 Å². The number of ether oxygens (including phenoxy) is 1. The Labute approximate surface area is 118 Å². The lowest BCUT2D eigenvalue weighted by molar-refractivity contribution is 0.190. The lowest BCUT2D eigenvalue weighted by Crippen LogP contribution is -2.00. The number of aliphatic hydroxyl groups is 1. The van der Waals surface area contributed by atoms with Gasteiger partial charge in [-0.2, -0.15) is 0 Å². The van der Waals surface area contributed by atoms with E-state index in [1.54, 1.807) is 12.1 Å². The third-order valence-corrected chi connectivity index (χ3v) is 3.18. The molecule has 2 aromatic rings. The molecule has 2 nitrogen and oxygen atoms in total. The molecule has 0 fully saturated rings. The molecule has 0 aliphatic rings. The quantitative estimate of drug-likeness (QED) is 0.868. The van der Waals surface area contributed by atoms with Crippen LogP contribution in [-0.2, 0) is 0 Å². The number of rotatable bonds is 4. The molecule has 1 N–H and O–H groups in total. The van der Waals surface area contributed by atoms with Crippen LogP contribution in [0.2, 0.25) is 0 Å². The second-order valence-electron chi connectivity index (χ2n) is 5.16. The van der Waals surface area contributed by atoms with Crippen LogP contribution >= 0.6 is 0 Å². The third-order valence-electron chi connectivity index (χ3n) is 3.18. The minimum atomic E-state index is -0.917. The Kier molecular flexibility index (Phi) is 4.40. The summed E-state index contributed by atoms with van der Waals surface area (Å²) in [6.45, 7) is 5.72. The van der Waals surface area contributed by atoms with Crippen molar-refractivity contribution in [1.82, 2.24) is 0 Å². The second kappa shape index (κ2) is 6.06. The molecule has 2 aromatic carbocycles. The van der Waals surface area contributed by atoms with Crippen LogP contribution < -0.4 is 4.74 Å². The predicted molar refractivity (Wildman–Crippen MR) is 77.6 cm³/mol. The summed E-state index contributed by atoms with van der Waals surface area (Å²) >= 11 is 0. The average molecular weight is 274 g/mol.